The zero-order valence-corrected chi connectivity index (χ0v) is 19.1. The molecule has 1 aromatic heterocycles. The number of rotatable bonds is 5. The molecule has 2 aromatic rings. The van der Waals surface area contributed by atoms with E-state index in [0.717, 1.165) is 17.8 Å². The number of phenolic OH excluding ortho intramolecular Hbond substituents is 1. The van der Waals surface area contributed by atoms with Crippen LogP contribution < -0.4 is 9.64 Å². The molecule has 8 nitrogen and oxygen atoms in total. The Bertz CT molecular complexity index is 1150. The summed E-state index contributed by atoms with van der Waals surface area (Å²) < 4.78 is 25.5. The number of hydrogen-bond acceptors (Lipinski definition) is 8. The van der Waals surface area contributed by atoms with Crippen LogP contribution >= 0.6 is 11.3 Å². The summed E-state index contributed by atoms with van der Waals surface area (Å²) in [5.41, 5.74) is 0.758. The Morgan fingerprint density at radius 2 is 2.12 bits per heavy atom. The number of carbonyl (C=O) groups excluding carboxylic acids is 2. The highest BCUT2D eigenvalue weighted by Gasteiger charge is 2.54. The van der Waals surface area contributed by atoms with Crippen molar-refractivity contribution in [1.29, 1.82) is 0 Å². The second-order valence-electron chi connectivity index (χ2n) is 8.52. The van der Waals surface area contributed by atoms with Crippen molar-refractivity contribution < 1.29 is 28.6 Å². The summed E-state index contributed by atoms with van der Waals surface area (Å²) in [5.74, 6) is -1.22. The van der Waals surface area contributed by atoms with Crippen LogP contribution in [0.4, 0.5) is 9.52 Å². The fourth-order valence-corrected chi connectivity index (χ4v) is 5.82. The molecule has 2 aliphatic heterocycles. The lowest BCUT2D eigenvalue weighted by atomic mass is 9.77. The van der Waals surface area contributed by atoms with Crippen LogP contribution in [-0.2, 0) is 20.7 Å². The molecule has 0 bridgehead atoms. The smallest absolute Gasteiger partial charge is 0.296 e. The fraction of sp³-hybridized carbons (Fsp3) is 0.478. The van der Waals surface area contributed by atoms with Crippen molar-refractivity contribution in [1.82, 2.24) is 10.2 Å². The van der Waals surface area contributed by atoms with E-state index < -0.39 is 30.1 Å². The monoisotopic (exact) mass is 473 g/mol. The molecule has 3 aliphatic rings. The van der Waals surface area contributed by atoms with Crippen LogP contribution in [0.15, 0.2) is 29.5 Å². The van der Waals surface area contributed by atoms with Gasteiger partial charge >= 0.3 is 0 Å². The summed E-state index contributed by atoms with van der Waals surface area (Å²) in [5, 5.41) is 19.6. The molecule has 1 fully saturated rings. The molecule has 1 aromatic carbocycles. The lowest BCUT2D eigenvalue weighted by Crippen LogP contribution is -2.42. The van der Waals surface area contributed by atoms with Gasteiger partial charge in [-0.3, -0.25) is 14.5 Å². The molecule has 5 rings (SSSR count). The molecule has 4 atom stereocenters. The third-order valence-corrected chi connectivity index (χ3v) is 7.41. The third kappa shape index (κ3) is 3.56. The molecule has 10 heteroatoms. The predicted molar refractivity (Wildman–Crippen MR) is 118 cm³/mol. The van der Waals surface area contributed by atoms with Gasteiger partial charge in [0.1, 0.15) is 17.3 Å². The van der Waals surface area contributed by atoms with Crippen molar-refractivity contribution in [3.63, 3.8) is 0 Å². The number of nitrogens with zero attached hydrogens (tertiary/aromatic N) is 3. The van der Waals surface area contributed by atoms with Crippen LogP contribution in [0.5, 0.6) is 11.5 Å². The van der Waals surface area contributed by atoms with Crippen molar-refractivity contribution in [3.8, 4) is 11.5 Å². The number of ether oxygens (including phenoxy) is 2. The Morgan fingerprint density at radius 1 is 1.30 bits per heavy atom. The van der Waals surface area contributed by atoms with Gasteiger partial charge in [0.25, 0.3) is 5.91 Å². The maximum Gasteiger partial charge on any atom is 0.296 e. The molecule has 0 saturated heterocycles. The highest BCUT2D eigenvalue weighted by atomic mass is 32.1. The maximum atomic E-state index is 14.2. The van der Waals surface area contributed by atoms with E-state index in [1.165, 1.54) is 29.4 Å². The summed E-state index contributed by atoms with van der Waals surface area (Å²) >= 11 is 1.29. The van der Waals surface area contributed by atoms with Gasteiger partial charge in [0.15, 0.2) is 23.0 Å². The Morgan fingerprint density at radius 3 is 2.88 bits per heavy atom. The summed E-state index contributed by atoms with van der Waals surface area (Å²) in [6, 6.07) is 3.83. The van der Waals surface area contributed by atoms with Gasteiger partial charge in [0, 0.05) is 6.42 Å². The predicted octanol–water partition coefficient (Wildman–Crippen LogP) is 3.65. The minimum Gasteiger partial charge on any atom is -0.504 e. The maximum absolute atomic E-state index is 14.2. The molecule has 33 heavy (non-hydrogen) atoms. The Labute approximate surface area is 194 Å². The van der Waals surface area contributed by atoms with E-state index in [4.69, 9.17) is 9.47 Å². The van der Waals surface area contributed by atoms with Crippen molar-refractivity contribution in [3.05, 3.63) is 40.1 Å². The number of hydrogen-bond donors (Lipinski definition) is 1. The lowest BCUT2D eigenvalue weighted by molar-refractivity contribution is -0.133. The molecule has 0 spiro atoms. The van der Waals surface area contributed by atoms with Crippen LogP contribution in [-0.4, -0.2) is 46.4 Å². The summed E-state index contributed by atoms with van der Waals surface area (Å²) in [6.45, 7) is 2.03. The first kappa shape index (κ1) is 21.8. The number of carbonyl (C=O) groups is 2. The zero-order valence-electron chi connectivity index (χ0n) is 18.3. The number of aromatic nitrogens is 2. The molecule has 0 radical (unpaired) electrons. The SMILES string of the molecule is CCCc1nnc(N2C(=O)C3=C(C(=O)C4CC(F)CCC4O3)C2c2ccc(O)c(OC)c2)s1. The Hall–Kier alpha value is -3.01. The van der Waals surface area contributed by atoms with Crippen molar-refractivity contribution in [2.45, 2.75) is 57.3 Å². The quantitative estimate of drug-likeness (QED) is 0.707. The second kappa shape index (κ2) is 8.40. The number of ketones is 1. The molecule has 174 valence electrons. The van der Waals surface area contributed by atoms with Gasteiger partial charge in [-0.2, -0.15) is 0 Å². The first-order chi connectivity index (χ1) is 15.9. The van der Waals surface area contributed by atoms with Crippen molar-refractivity contribution in [2.75, 3.05) is 12.0 Å². The number of alkyl halides is 1. The number of phenols is 1. The number of anilines is 1. The highest BCUT2D eigenvalue weighted by Crippen LogP contribution is 2.49. The number of benzene rings is 1. The number of amides is 1. The molecule has 1 aliphatic carbocycles. The van der Waals surface area contributed by atoms with E-state index in [1.54, 1.807) is 12.1 Å². The molecule has 3 heterocycles. The molecule has 4 unspecified atom stereocenters. The minimum atomic E-state index is -1.07. The summed E-state index contributed by atoms with van der Waals surface area (Å²) in [6.07, 6.45) is 0.809. The largest absolute Gasteiger partial charge is 0.504 e. The van der Waals surface area contributed by atoms with E-state index in [9.17, 15) is 19.1 Å². The number of aryl methyl sites for hydroxylation is 1. The van der Waals surface area contributed by atoms with E-state index >= 15 is 0 Å². The van der Waals surface area contributed by atoms with Gasteiger partial charge in [-0.25, -0.2) is 4.39 Å². The highest BCUT2D eigenvalue weighted by molar-refractivity contribution is 7.15. The number of Topliss-reactive ketones (excluding diaryl/α,β-unsaturated/α-hetero) is 1. The van der Waals surface area contributed by atoms with Crippen LogP contribution in [0.2, 0.25) is 0 Å². The molecular formula is C23H24FN3O5S. The average Bonchev–Trinajstić information content (AvgIpc) is 3.37. The fourth-order valence-electron chi connectivity index (χ4n) is 4.85. The van der Waals surface area contributed by atoms with Crippen LogP contribution in [0.3, 0.4) is 0 Å². The van der Waals surface area contributed by atoms with Crippen LogP contribution in [0.1, 0.15) is 49.2 Å². The number of fused-ring (bicyclic) bond motifs is 1. The number of methoxy groups -OCH3 is 1. The first-order valence-electron chi connectivity index (χ1n) is 11.0. The topological polar surface area (TPSA) is 102 Å². The molecule has 1 saturated carbocycles. The van der Waals surface area contributed by atoms with E-state index in [0.29, 0.717) is 23.5 Å². The first-order valence-corrected chi connectivity index (χ1v) is 11.9. The average molecular weight is 474 g/mol. The van der Waals surface area contributed by atoms with Gasteiger partial charge < -0.3 is 14.6 Å². The lowest BCUT2D eigenvalue weighted by Gasteiger charge is -2.36. The number of halogens is 1. The van der Waals surface area contributed by atoms with Gasteiger partial charge in [-0.1, -0.05) is 24.3 Å². The molecule has 1 amide bonds. The zero-order chi connectivity index (χ0) is 23.3. The van der Waals surface area contributed by atoms with E-state index in [1.807, 2.05) is 6.92 Å². The van der Waals surface area contributed by atoms with E-state index in [-0.39, 0.29) is 35.0 Å². The van der Waals surface area contributed by atoms with Gasteiger partial charge in [-0.15, -0.1) is 10.2 Å². The number of aromatic hydroxyl groups is 1. The molecular weight excluding hydrogens is 449 g/mol. The standard InChI is InChI=1S/C23H24FN3O5S/c1-3-4-17-25-26-23(33-17)27-19(11-5-7-14(28)16(9-11)31-2)18-20(29)13-10-12(24)6-8-15(13)32-21(18)22(27)30/h5,7,9,12-13,15,19,28H,3-4,6,8,10H2,1-2H3. The van der Waals surface area contributed by atoms with Gasteiger partial charge in [0.05, 0.1) is 24.6 Å². The molecule has 1 N–H and O–H groups in total. The van der Waals surface area contributed by atoms with Crippen LogP contribution in [0, 0.1) is 5.92 Å². The third-order valence-electron chi connectivity index (χ3n) is 6.43. The minimum absolute atomic E-state index is 0.00263. The second-order valence-corrected chi connectivity index (χ2v) is 9.56. The van der Waals surface area contributed by atoms with Crippen molar-refractivity contribution >= 4 is 28.2 Å². The van der Waals surface area contributed by atoms with E-state index in [2.05, 4.69) is 10.2 Å². The van der Waals surface area contributed by atoms with Crippen molar-refractivity contribution in [2.24, 2.45) is 5.92 Å². The van der Waals surface area contributed by atoms with Gasteiger partial charge in [-0.05, 0) is 43.4 Å². The Kier molecular flexibility index (Phi) is 5.55. The summed E-state index contributed by atoms with van der Waals surface area (Å²) in [4.78, 5) is 28.6. The van der Waals surface area contributed by atoms with Crippen LogP contribution in [0.25, 0.3) is 0 Å². The Balaban J connectivity index is 1.63. The van der Waals surface area contributed by atoms with Gasteiger partial charge in [0.2, 0.25) is 5.13 Å². The summed E-state index contributed by atoms with van der Waals surface area (Å²) in [7, 11) is 1.42. The normalized spacial score (nSPS) is 26.8.